The number of thioether (sulfide) groups is 1. The van der Waals surface area contributed by atoms with E-state index in [9.17, 15) is 28.5 Å². The Morgan fingerprint density at radius 3 is 2.00 bits per heavy atom. The number of unbranched alkanes of at least 4 members (excludes halogenated alkanes) is 2. The topological polar surface area (TPSA) is 169 Å². The molecule has 2 rings (SSSR count). The van der Waals surface area contributed by atoms with Crippen LogP contribution in [0.2, 0.25) is 0 Å². The number of aryl methyl sites for hydroxylation is 1. The molecule has 0 bridgehead atoms. The Labute approximate surface area is 424 Å². The predicted octanol–water partition coefficient (Wildman–Crippen LogP) is 12.7. The third-order valence-corrected chi connectivity index (χ3v) is 11.6. The molecular formula is C55H91N3O9S2. The summed E-state index contributed by atoms with van der Waals surface area (Å²) in [5.41, 5.74) is 1.48. The van der Waals surface area contributed by atoms with Crippen molar-refractivity contribution in [2.24, 2.45) is 5.41 Å². The lowest BCUT2D eigenvalue weighted by Crippen LogP contribution is -2.49. The molecule has 4 N–H and O–H groups in total. The lowest BCUT2D eigenvalue weighted by Gasteiger charge is -2.31. The van der Waals surface area contributed by atoms with Crippen LogP contribution in [0.1, 0.15) is 165 Å². The van der Waals surface area contributed by atoms with Crippen LogP contribution >= 0.6 is 11.8 Å². The molecule has 4 unspecified atom stereocenters. The van der Waals surface area contributed by atoms with Gasteiger partial charge >= 0.3 is 12.1 Å². The van der Waals surface area contributed by atoms with Crippen molar-refractivity contribution in [3.63, 3.8) is 0 Å². The number of phenolic OH excluding ortho intramolecular Hbond substituents is 1. The average molecular weight is 1000 g/mol. The van der Waals surface area contributed by atoms with E-state index in [-0.39, 0.29) is 18.8 Å². The van der Waals surface area contributed by atoms with Gasteiger partial charge in [-0.1, -0.05) is 109 Å². The minimum Gasteiger partial charge on any atom is -0.508 e. The summed E-state index contributed by atoms with van der Waals surface area (Å²) < 4.78 is 27.9. The molecule has 0 heterocycles. The standard InChI is InChI=1S/C33H47N3O8S.C12H26OS.C8H12.C2H6/c1-21-12-17-25(26(19-21)45-8)42-20-27(38)36-28(22-13-15-23(37)16-14-22)29(39)35-24(30(40)43-32(2,3)4)11-9-10-18-34-31(41)44-33(5,6)7;1-5-8-10-12(7-3,9-6-2)11-14(4)13;1-4-5-6-7-8(2)3;1-2/h12-17,19,24,28,37H,9-11,18,20H2,1-8H3,(H,34,41)(H,35,39)(H,36,38);5-11H2,1-4H3;4-7H,2H2,1,3H3;1-2H3/b;;5-4-,7-6-;. The normalized spacial score (nSPS) is 13.3. The van der Waals surface area contributed by atoms with Gasteiger partial charge in [-0.15, -0.1) is 11.8 Å². The summed E-state index contributed by atoms with van der Waals surface area (Å²) in [5, 5.41) is 17.9. The molecule has 0 aliphatic rings. The number of hydrogen-bond donors (Lipinski definition) is 4. The fraction of sp³-hybridized carbons (Fsp3) is 0.600. The molecule has 2 aromatic rings. The number of nitrogens with one attached hydrogen (secondary N) is 3. The summed E-state index contributed by atoms with van der Waals surface area (Å²) in [5.74, 6) is -0.394. The van der Waals surface area contributed by atoms with Gasteiger partial charge in [-0.3, -0.25) is 13.8 Å². The molecular weight excluding hydrogens is 911 g/mol. The molecule has 14 heteroatoms. The third-order valence-electron chi connectivity index (χ3n) is 9.85. The van der Waals surface area contributed by atoms with Crippen LogP contribution in [0.3, 0.4) is 0 Å². The molecule has 0 saturated carbocycles. The summed E-state index contributed by atoms with van der Waals surface area (Å²) in [6.45, 7) is 30.8. The number of ether oxygens (including phenoxy) is 3. The van der Waals surface area contributed by atoms with Crippen molar-refractivity contribution in [3.8, 4) is 11.5 Å². The van der Waals surface area contributed by atoms with E-state index in [2.05, 4.69) is 43.3 Å². The first-order valence-corrected chi connectivity index (χ1v) is 27.4. The third kappa shape index (κ3) is 32.8. The van der Waals surface area contributed by atoms with E-state index in [1.54, 1.807) is 47.6 Å². The van der Waals surface area contributed by atoms with E-state index in [4.69, 9.17) is 14.2 Å². The molecule has 0 aromatic heterocycles. The number of hydrogen-bond acceptors (Lipinski definition) is 10. The molecule has 0 aliphatic carbocycles. The zero-order chi connectivity index (χ0) is 53.2. The Kier molecular flexibility index (Phi) is 35.1. The maximum absolute atomic E-state index is 13.7. The molecule has 392 valence electrons. The van der Waals surface area contributed by atoms with Crippen molar-refractivity contribution in [3.05, 3.63) is 90.0 Å². The molecule has 0 aliphatic heterocycles. The minimum absolute atomic E-state index is 0.0110. The van der Waals surface area contributed by atoms with Crippen molar-refractivity contribution in [2.45, 2.75) is 183 Å². The molecule has 12 nitrogen and oxygen atoms in total. The van der Waals surface area contributed by atoms with Crippen molar-refractivity contribution >= 4 is 46.4 Å². The summed E-state index contributed by atoms with van der Waals surface area (Å²) >= 11 is 1.49. The Hall–Kier alpha value is -4.56. The van der Waals surface area contributed by atoms with Crippen LogP contribution in [0.4, 0.5) is 4.79 Å². The lowest BCUT2D eigenvalue weighted by atomic mass is 9.78. The highest BCUT2D eigenvalue weighted by molar-refractivity contribution is 7.98. The molecule has 3 amide bonds. The minimum atomic E-state index is -1.20. The lowest BCUT2D eigenvalue weighted by molar-refractivity contribution is -0.159. The molecule has 0 saturated heterocycles. The number of alkyl carbamates (subject to hydrolysis) is 1. The molecule has 4 atom stereocenters. The molecule has 69 heavy (non-hydrogen) atoms. The van der Waals surface area contributed by atoms with E-state index in [0.717, 1.165) is 21.8 Å². The quantitative estimate of drug-likeness (QED) is 0.0344. The first-order valence-electron chi connectivity index (χ1n) is 24.4. The Morgan fingerprint density at radius 1 is 0.870 bits per heavy atom. The van der Waals surface area contributed by atoms with Gasteiger partial charge in [0, 0.05) is 34.2 Å². The van der Waals surface area contributed by atoms with Crippen molar-refractivity contribution in [2.75, 3.05) is 31.4 Å². The van der Waals surface area contributed by atoms with E-state index in [0.29, 0.717) is 36.1 Å². The smallest absolute Gasteiger partial charge is 0.407 e. The highest BCUT2D eigenvalue weighted by Crippen LogP contribution is 2.35. The van der Waals surface area contributed by atoms with Crippen LogP contribution < -0.4 is 20.7 Å². The number of rotatable bonds is 24. The van der Waals surface area contributed by atoms with Crippen LogP contribution in [0.25, 0.3) is 0 Å². The van der Waals surface area contributed by atoms with E-state index in [1.165, 1.54) is 74.6 Å². The van der Waals surface area contributed by atoms with Gasteiger partial charge < -0.3 is 35.3 Å². The predicted molar refractivity (Wildman–Crippen MR) is 290 cm³/mol. The maximum atomic E-state index is 13.7. The second-order valence-electron chi connectivity index (χ2n) is 18.7. The number of aromatic hydroxyl groups is 1. The molecule has 2 aromatic carbocycles. The fourth-order valence-corrected chi connectivity index (χ4v) is 8.62. The largest absolute Gasteiger partial charge is 0.508 e. The van der Waals surface area contributed by atoms with Crippen LogP contribution in [-0.4, -0.2) is 81.9 Å². The molecule has 0 spiro atoms. The number of carbonyl (C=O) groups excluding carboxylic acids is 4. The Balaban J connectivity index is 0. The van der Waals surface area contributed by atoms with E-state index >= 15 is 0 Å². The van der Waals surface area contributed by atoms with E-state index < -0.39 is 58.0 Å². The number of allylic oxidation sites excluding steroid dienone is 5. The van der Waals surface area contributed by atoms with Crippen molar-refractivity contribution in [1.82, 2.24) is 16.0 Å². The SMILES string of the molecule is C=C(C)/C=C\C=C/C.CC.CCCCC(CC)(CCC)CS(C)=O.CSc1cc(C)ccc1OCC(=O)NC(C(=O)NC(CCCCNC(=O)OC(C)(C)C)C(=O)OC(C)(C)C)c1ccc(O)cc1. The second kappa shape index (κ2) is 36.4. The van der Waals surface area contributed by atoms with Gasteiger partial charge in [-0.2, -0.15) is 0 Å². The zero-order valence-electron chi connectivity index (χ0n) is 45.2. The zero-order valence-corrected chi connectivity index (χ0v) is 46.9. The van der Waals surface area contributed by atoms with Gasteiger partial charge in [0.05, 0.1) is 0 Å². The Morgan fingerprint density at radius 2 is 1.49 bits per heavy atom. The van der Waals surface area contributed by atoms with Crippen molar-refractivity contribution < 1.29 is 42.7 Å². The van der Waals surface area contributed by atoms with Crippen LogP contribution in [0.15, 0.2) is 83.8 Å². The monoisotopic (exact) mass is 1000 g/mol. The molecule has 0 fully saturated rings. The van der Waals surface area contributed by atoms with Gasteiger partial charge in [-0.05, 0) is 148 Å². The number of carbonyl (C=O) groups is 4. The highest BCUT2D eigenvalue weighted by atomic mass is 32.2. The van der Waals surface area contributed by atoms with Gasteiger partial charge in [0.15, 0.2) is 6.61 Å². The van der Waals surface area contributed by atoms with Crippen LogP contribution in [-0.2, 0) is 34.7 Å². The van der Waals surface area contributed by atoms with Gasteiger partial charge in [0.25, 0.3) is 5.91 Å². The number of phenols is 1. The summed E-state index contributed by atoms with van der Waals surface area (Å²) in [4.78, 5) is 52.6. The van der Waals surface area contributed by atoms with Gasteiger partial charge in [-0.25, -0.2) is 9.59 Å². The molecule has 0 radical (unpaired) electrons. The summed E-state index contributed by atoms with van der Waals surface area (Å²) in [7, 11) is -0.640. The van der Waals surface area contributed by atoms with E-state index in [1.807, 2.05) is 83.6 Å². The number of benzene rings is 2. The summed E-state index contributed by atoms with van der Waals surface area (Å²) in [6.07, 6.45) is 19.8. The average Bonchev–Trinajstić information content (AvgIpc) is 3.26. The first kappa shape index (κ1) is 66.5. The van der Waals surface area contributed by atoms with Gasteiger partial charge in [0.1, 0.15) is 34.8 Å². The Bertz CT molecular complexity index is 1890. The number of amides is 3. The number of esters is 1. The maximum Gasteiger partial charge on any atom is 0.407 e. The first-order chi connectivity index (χ1) is 32.3. The highest BCUT2D eigenvalue weighted by Gasteiger charge is 2.31. The summed E-state index contributed by atoms with van der Waals surface area (Å²) in [6, 6.07) is 9.22. The fourth-order valence-electron chi connectivity index (χ4n) is 6.63. The van der Waals surface area contributed by atoms with Crippen molar-refractivity contribution in [1.29, 1.82) is 0 Å². The second-order valence-corrected chi connectivity index (χ2v) is 21.0. The van der Waals surface area contributed by atoms with Gasteiger partial charge in [0.2, 0.25) is 5.91 Å². The van der Waals surface area contributed by atoms with Crippen LogP contribution in [0.5, 0.6) is 11.5 Å². The van der Waals surface area contributed by atoms with Crippen LogP contribution in [0, 0.1) is 12.3 Å².